The summed E-state index contributed by atoms with van der Waals surface area (Å²) < 4.78 is 1.46. The van der Waals surface area contributed by atoms with Gasteiger partial charge >= 0.3 is 6.03 Å². The van der Waals surface area contributed by atoms with Crippen LogP contribution in [0, 0.1) is 5.92 Å². The first-order chi connectivity index (χ1) is 9.67. The minimum absolute atomic E-state index is 0.0730. The molecule has 1 aliphatic heterocycles. The number of likely N-dealkylation sites (tertiary alicyclic amines) is 1. The van der Waals surface area contributed by atoms with Gasteiger partial charge in [-0.25, -0.2) is 9.78 Å². The molecule has 2 rings (SSSR count). The number of imidazole rings is 1. The molecule has 0 saturated carbocycles. The Morgan fingerprint density at radius 2 is 2.10 bits per heavy atom. The predicted molar refractivity (Wildman–Crippen MR) is 75.2 cm³/mol. The average Bonchev–Trinajstić information content (AvgIpc) is 3.02. The van der Waals surface area contributed by atoms with Crippen molar-refractivity contribution < 1.29 is 9.59 Å². The van der Waals surface area contributed by atoms with E-state index in [4.69, 9.17) is 0 Å². The van der Waals surface area contributed by atoms with E-state index in [0.717, 1.165) is 25.9 Å². The molecule has 0 aromatic carbocycles. The van der Waals surface area contributed by atoms with Gasteiger partial charge < -0.3 is 9.80 Å². The van der Waals surface area contributed by atoms with Gasteiger partial charge in [0.1, 0.15) is 6.33 Å². The van der Waals surface area contributed by atoms with Gasteiger partial charge in [0.15, 0.2) is 0 Å². The third-order valence-corrected chi connectivity index (χ3v) is 3.84. The molecule has 6 heteroatoms. The van der Waals surface area contributed by atoms with E-state index in [1.165, 1.54) is 10.9 Å². The van der Waals surface area contributed by atoms with Gasteiger partial charge in [0.2, 0.25) is 5.91 Å². The van der Waals surface area contributed by atoms with Crippen LogP contribution in [0.2, 0.25) is 0 Å². The fraction of sp³-hybridized carbons (Fsp3) is 0.643. The van der Waals surface area contributed by atoms with Gasteiger partial charge in [-0.05, 0) is 26.7 Å². The monoisotopic (exact) mass is 278 g/mol. The van der Waals surface area contributed by atoms with Crippen LogP contribution in [0.5, 0.6) is 0 Å². The summed E-state index contributed by atoms with van der Waals surface area (Å²) in [5.74, 6) is 0.0919. The maximum absolute atomic E-state index is 12.4. The number of hydrogen-bond acceptors (Lipinski definition) is 3. The van der Waals surface area contributed by atoms with E-state index in [9.17, 15) is 9.59 Å². The lowest BCUT2D eigenvalue weighted by Crippen LogP contribution is -2.47. The van der Waals surface area contributed by atoms with Crippen LogP contribution >= 0.6 is 0 Å². The molecule has 1 aliphatic rings. The van der Waals surface area contributed by atoms with Gasteiger partial charge in [0.05, 0.1) is 5.92 Å². The Morgan fingerprint density at radius 1 is 1.35 bits per heavy atom. The molecule has 110 valence electrons. The number of hydrogen-bond donors (Lipinski definition) is 0. The van der Waals surface area contributed by atoms with Gasteiger partial charge in [0.25, 0.3) is 0 Å². The van der Waals surface area contributed by atoms with Gasteiger partial charge in [0, 0.05) is 38.6 Å². The minimum Gasteiger partial charge on any atom is -0.343 e. The van der Waals surface area contributed by atoms with Crippen LogP contribution in [0.15, 0.2) is 18.7 Å². The molecule has 1 saturated heterocycles. The summed E-state index contributed by atoms with van der Waals surface area (Å²) in [6.45, 7) is 6.63. The predicted octanol–water partition coefficient (Wildman–Crippen LogP) is 1.43. The summed E-state index contributed by atoms with van der Waals surface area (Å²) in [6, 6.07) is -0.0976. The molecule has 0 N–H and O–H groups in total. The van der Waals surface area contributed by atoms with Crippen molar-refractivity contribution in [2.75, 3.05) is 26.2 Å². The topological polar surface area (TPSA) is 58.4 Å². The smallest absolute Gasteiger partial charge is 0.329 e. The summed E-state index contributed by atoms with van der Waals surface area (Å²) in [4.78, 5) is 32.1. The van der Waals surface area contributed by atoms with Crippen molar-refractivity contribution in [3.05, 3.63) is 18.7 Å². The van der Waals surface area contributed by atoms with E-state index in [1.54, 1.807) is 17.3 Å². The number of rotatable bonds is 3. The molecule has 1 aromatic rings. The van der Waals surface area contributed by atoms with E-state index in [0.29, 0.717) is 13.1 Å². The molecule has 1 atom stereocenters. The van der Waals surface area contributed by atoms with Gasteiger partial charge in [-0.15, -0.1) is 0 Å². The molecule has 0 bridgehead atoms. The Labute approximate surface area is 119 Å². The first-order valence-electron chi connectivity index (χ1n) is 7.23. The highest BCUT2D eigenvalue weighted by Gasteiger charge is 2.30. The number of aromatic nitrogens is 2. The van der Waals surface area contributed by atoms with Crippen LogP contribution in [-0.4, -0.2) is 57.5 Å². The Balaban J connectivity index is 2.01. The maximum Gasteiger partial charge on any atom is 0.329 e. The van der Waals surface area contributed by atoms with Crippen LogP contribution < -0.4 is 0 Å². The number of piperidine rings is 1. The highest BCUT2D eigenvalue weighted by Crippen LogP contribution is 2.19. The van der Waals surface area contributed by atoms with Gasteiger partial charge in [-0.1, -0.05) is 0 Å². The van der Waals surface area contributed by atoms with E-state index >= 15 is 0 Å². The largest absolute Gasteiger partial charge is 0.343 e. The lowest BCUT2D eigenvalue weighted by molar-refractivity contribution is -0.136. The van der Waals surface area contributed by atoms with E-state index < -0.39 is 0 Å². The lowest BCUT2D eigenvalue weighted by atomic mass is 9.96. The zero-order chi connectivity index (χ0) is 14.5. The second-order valence-corrected chi connectivity index (χ2v) is 5.05. The third-order valence-electron chi connectivity index (χ3n) is 3.84. The van der Waals surface area contributed by atoms with Crippen molar-refractivity contribution in [3.63, 3.8) is 0 Å². The molecular formula is C14H22N4O2. The zero-order valence-corrected chi connectivity index (χ0v) is 12.2. The van der Waals surface area contributed by atoms with Crippen LogP contribution in [0.4, 0.5) is 4.79 Å². The molecule has 0 aliphatic carbocycles. The second kappa shape index (κ2) is 6.54. The quantitative estimate of drug-likeness (QED) is 0.840. The van der Waals surface area contributed by atoms with Crippen LogP contribution in [-0.2, 0) is 4.79 Å². The zero-order valence-electron chi connectivity index (χ0n) is 12.2. The Bertz CT molecular complexity index is 454. The molecule has 1 fully saturated rings. The average molecular weight is 278 g/mol. The maximum atomic E-state index is 12.4. The number of nitrogens with zero attached hydrogens (tertiary/aromatic N) is 4. The Hall–Kier alpha value is -1.85. The number of carbonyl (C=O) groups excluding carboxylic acids is 2. The summed E-state index contributed by atoms with van der Waals surface area (Å²) >= 11 is 0. The number of carbonyl (C=O) groups is 2. The second-order valence-electron chi connectivity index (χ2n) is 5.05. The highest BCUT2D eigenvalue weighted by molar-refractivity contribution is 5.81. The van der Waals surface area contributed by atoms with Crippen molar-refractivity contribution in [2.45, 2.75) is 26.7 Å². The first-order valence-corrected chi connectivity index (χ1v) is 7.23. The Morgan fingerprint density at radius 3 is 2.70 bits per heavy atom. The Kier molecular flexibility index (Phi) is 4.76. The molecule has 0 radical (unpaired) electrons. The van der Waals surface area contributed by atoms with Crippen molar-refractivity contribution >= 4 is 11.9 Å². The third kappa shape index (κ3) is 3.00. The van der Waals surface area contributed by atoms with E-state index in [1.807, 2.05) is 18.7 Å². The standard InChI is InChI=1S/C14H22N4O2/c1-3-16(4-2)13(19)12-6-5-8-17(10-12)14(20)18-9-7-15-11-18/h7,9,11-12H,3-6,8,10H2,1-2H3. The fourth-order valence-corrected chi connectivity index (χ4v) is 2.68. The summed E-state index contributed by atoms with van der Waals surface area (Å²) in [5, 5.41) is 0. The van der Waals surface area contributed by atoms with Crippen molar-refractivity contribution in [1.82, 2.24) is 19.4 Å². The molecule has 20 heavy (non-hydrogen) atoms. The van der Waals surface area contributed by atoms with Crippen LogP contribution in [0.25, 0.3) is 0 Å². The van der Waals surface area contributed by atoms with Gasteiger partial charge in [-0.2, -0.15) is 0 Å². The molecule has 0 spiro atoms. The SMILES string of the molecule is CCN(CC)C(=O)C1CCCN(C(=O)n2ccnc2)C1. The molecule has 2 heterocycles. The normalized spacial score (nSPS) is 18.9. The van der Waals surface area contributed by atoms with E-state index in [2.05, 4.69) is 4.98 Å². The molecule has 1 unspecified atom stereocenters. The minimum atomic E-state index is -0.0976. The summed E-state index contributed by atoms with van der Waals surface area (Å²) in [7, 11) is 0. The van der Waals surface area contributed by atoms with Crippen molar-refractivity contribution in [3.8, 4) is 0 Å². The molecule has 6 nitrogen and oxygen atoms in total. The first kappa shape index (κ1) is 14.6. The molecule has 1 aromatic heterocycles. The van der Waals surface area contributed by atoms with Crippen LogP contribution in [0.3, 0.4) is 0 Å². The van der Waals surface area contributed by atoms with Crippen molar-refractivity contribution in [1.29, 1.82) is 0 Å². The summed E-state index contributed by atoms with van der Waals surface area (Å²) in [6.07, 6.45) is 6.46. The lowest BCUT2D eigenvalue weighted by Gasteiger charge is -2.34. The summed E-state index contributed by atoms with van der Waals surface area (Å²) in [5.41, 5.74) is 0. The number of amides is 2. The fourth-order valence-electron chi connectivity index (χ4n) is 2.68. The molecular weight excluding hydrogens is 256 g/mol. The van der Waals surface area contributed by atoms with Gasteiger partial charge in [-0.3, -0.25) is 9.36 Å². The molecule has 2 amide bonds. The van der Waals surface area contributed by atoms with E-state index in [-0.39, 0.29) is 17.9 Å². The van der Waals surface area contributed by atoms with Crippen molar-refractivity contribution in [2.24, 2.45) is 5.92 Å². The highest BCUT2D eigenvalue weighted by atomic mass is 16.2. The van der Waals surface area contributed by atoms with Crippen LogP contribution in [0.1, 0.15) is 26.7 Å².